The molecule has 1 aromatic carbocycles. The van der Waals surface area contributed by atoms with E-state index in [4.69, 9.17) is 4.74 Å². The van der Waals surface area contributed by atoms with Gasteiger partial charge in [0, 0.05) is 19.6 Å². The van der Waals surface area contributed by atoms with Crippen LogP contribution in [0.5, 0.6) is 0 Å². The SMILES string of the molecule is Cc1cc(C)cc(-n2ncc3c(N4CCN5C(=O)OCC5C4)ncnc32)c1. The Bertz CT molecular complexity index is 1030. The average molecular weight is 364 g/mol. The molecule has 8 heteroatoms. The molecule has 0 saturated carbocycles. The van der Waals surface area contributed by atoms with Crippen LogP contribution in [0, 0.1) is 13.8 Å². The summed E-state index contributed by atoms with van der Waals surface area (Å²) in [5, 5.41) is 5.49. The van der Waals surface area contributed by atoms with Crippen LogP contribution >= 0.6 is 0 Å². The topological polar surface area (TPSA) is 76.4 Å². The van der Waals surface area contributed by atoms with Gasteiger partial charge in [0.2, 0.25) is 0 Å². The number of rotatable bonds is 2. The van der Waals surface area contributed by atoms with E-state index in [2.05, 4.69) is 52.0 Å². The molecule has 1 unspecified atom stereocenters. The molecule has 2 fully saturated rings. The monoisotopic (exact) mass is 364 g/mol. The van der Waals surface area contributed by atoms with Crippen molar-refractivity contribution in [1.82, 2.24) is 24.6 Å². The number of hydrogen-bond donors (Lipinski definition) is 0. The first-order valence-corrected chi connectivity index (χ1v) is 9.06. The van der Waals surface area contributed by atoms with Crippen molar-refractivity contribution in [2.24, 2.45) is 0 Å². The highest BCUT2D eigenvalue weighted by Gasteiger charge is 2.38. The van der Waals surface area contributed by atoms with Crippen LogP contribution in [0.2, 0.25) is 0 Å². The Balaban J connectivity index is 1.54. The van der Waals surface area contributed by atoms with Crippen LogP contribution in [0.15, 0.2) is 30.7 Å². The van der Waals surface area contributed by atoms with E-state index in [0.29, 0.717) is 26.2 Å². The van der Waals surface area contributed by atoms with E-state index in [0.717, 1.165) is 22.5 Å². The number of ether oxygens (including phenoxy) is 1. The highest BCUT2D eigenvalue weighted by Crippen LogP contribution is 2.28. The summed E-state index contributed by atoms with van der Waals surface area (Å²) in [7, 11) is 0. The summed E-state index contributed by atoms with van der Waals surface area (Å²) in [6.45, 7) is 6.64. The Kier molecular flexibility index (Phi) is 3.53. The van der Waals surface area contributed by atoms with Gasteiger partial charge >= 0.3 is 6.09 Å². The Labute approximate surface area is 156 Å². The van der Waals surface area contributed by atoms with Gasteiger partial charge in [-0.05, 0) is 37.1 Å². The highest BCUT2D eigenvalue weighted by atomic mass is 16.6. The van der Waals surface area contributed by atoms with Gasteiger partial charge in [-0.15, -0.1) is 0 Å². The van der Waals surface area contributed by atoms with E-state index in [1.807, 2.05) is 10.9 Å². The second kappa shape index (κ2) is 5.94. The zero-order valence-electron chi connectivity index (χ0n) is 15.3. The normalized spacial score (nSPS) is 19.5. The van der Waals surface area contributed by atoms with Gasteiger partial charge in [-0.25, -0.2) is 19.4 Å². The Hall–Kier alpha value is -3.16. The van der Waals surface area contributed by atoms with Gasteiger partial charge in [0.15, 0.2) is 5.65 Å². The Morgan fingerprint density at radius 3 is 2.74 bits per heavy atom. The number of carbonyl (C=O) groups excluding carboxylic acids is 1. The van der Waals surface area contributed by atoms with Gasteiger partial charge < -0.3 is 9.64 Å². The van der Waals surface area contributed by atoms with Crippen LogP contribution in [0.4, 0.5) is 10.6 Å². The van der Waals surface area contributed by atoms with Gasteiger partial charge in [-0.2, -0.15) is 5.10 Å². The minimum Gasteiger partial charge on any atom is -0.447 e. The van der Waals surface area contributed by atoms with Gasteiger partial charge in [0.05, 0.1) is 23.3 Å². The third kappa shape index (κ3) is 2.59. The van der Waals surface area contributed by atoms with Crippen molar-refractivity contribution in [1.29, 1.82) is 0 Å². The maximum atomic E-state index is 11.7. The quantitative estimate of drug-likeness (QED) is 0.693. The van der Waals surface area contributed by atoms with Crippen LogP contribution in [-0.2, 0) is 4.74 Å². The van der Waals surface area contributed by atoms with Crippen molar-refractivity contribution in [3.05, 3.63) is 41.9 Å². The predicted molar refractivity (Wildman–Crippen MR) is 100 cm³/mol. The van der Waals surface area contributed by atoms with Crippen molar-refractivity contribution in [3.8, 4) is 5.69 Å². The lowest BCUT2D eigenvalue weighted by molar-refractivity contribution is 0.157. The second-order valence-electron chi connectivity index (χ2n) is 7.21. The molecule has 2 saturated heterocycles. The fraction of sp³-hybridized carbons (Fsp3) is 0.368. The summed E-state index contributed by atoms with van der Waals surface area (Å²) in [6, 6.07) is 6.41. The third-order valence-corrected chi connectivity index (χ3v) is 5.21. The molecule has 0 spiro atoms. The number of anilines is 1. The molecule has 3 aromatic rings. The van der Waals surface area contributed by atoms with Crippen molar-refractivity contribution < 1.29 is 9.53 Å². The maximum absolute atomic E-state index is 11.7. The number of piperazine rings is 1. The van der Waals surface area contributed by atoms with Crippen LogP contribution in [-0.4, -0.2) is 63.0 Å². The molecule has 8 nitrogen and oxygen atoms in total. The smallest absolute Gasteiger partial charge is 0.410 e. The fourth-order valence-electron chi connectivity index (χ4n) is 4.03. The molecule has 0 radical (unpaired) electrons. The van der Waals surface area contributed by atoms with Crippen LogP contribution in [0.1, 0.15) is 11.1 Å². The summed E-state index contributed by atoms with van der Waals surface area (Å²) in [5.41, 5.74) is 4.15. The Morgan fingerprint density at radius 2 is 1.93 bits per heavy atom. The van der Waals surface area contributed by atoms with Crippen molar-refractivity contribution in [2.45, 2.75) is 19.9 Å². The molecule has 1 atom stereocenters. The molecule has 0 aliphatic carbocycles. The van der Waals surface area contributed by atoms with Gasteiger partial charge in [0.1, 0.15) is 18.8 Å². The van der Waals surface area contributed by atoms with E-state index in [1.165, 1.54) is 11.1 Å². The van der Waals surface area contributed by atoms with E-state index in [-0.39, 0.29) is 12.1 Å². The zero-order valence-corrected chi connectivity index (χ0v) is 15.3. The Morgan fingerprint density at radius 1 is 1.11 bits per heavy atom. The third-order valence-electron chi connectivity index (χ3n) is 5.21. The first kappa shape index (κ1) is 16.0. The molecule has 2 aliphatic rings. The minimum atomic E-state index is -0.213. The van der Waals surface area contributed by atoms with Crippen molar-refractivity contribution in [3.63, 3.8) is 0 Å². The molecule has 2 aliphatic heterocycles. The molecule has 0 bridgehead atoms. The average Bonchev–Trinajstić information content (AvgIpc) is 3.24. The summed E-state index contributed by atoms with van der Waals surface area (Å²) in [4.78, 5) is 24.7. The van der Waals surface area contributed by atoms with Crippen molar-refractivity contribution in [2.75, 3.05) is 31.1 Å². The molecule has 5 rings (SSSR count). The van der Waals surface area contributed by atoms with E-state index < -0.39 is 0 Å². The fourth-order valence-corrected chi connectivity index (χ4v) is 4.03. The number of hydrogen-bond acceptors (Lipinski definition) is 6. The number of aryl methyl sites for hydroxylation is 2. The van der Waals surface area contributed by atoms with Crippen LogP contribution in [0.3, 0.4) is 0 Å². The molecule has 2 aromatic heterocycles. The van der Waals surface area contributed by atoms with Crippen molar-refractivity contribution >= 4 is 22.9 Å². The molecule has 0 N–H and O–H groups in total. The van der Waals surface area contributed by atoms with Crippen LogP contribution in [0.25, 0.3) is 16.7 Å². The number of benzene rings is 1. The number of cyclic esters (lactones) is 1. The summed E-state index contributed by atoms with van der Waals surface area (Å²) < 4.78 is 7.03. The first-order valence-electron chi connectivity index (χ1n) is 9.06. The largest absolute Gasteiger partial charge is 0.447 e. The van der Waals surface area contributed by atoms with E-state index in [1.54, 1.807) is 11.2 Å². The molecule has 27 heavy (non-hydrogen) atoms. The number of nitrogens with zero attached hydrogens (tertiary/aromatic N) is 6. The van der Waals surface area contributed by atoms with Crippen LogP contribution < -0.4 is 4.90 Å². The molecule has 138 valence electrons. The molecule has 4 heterocycles. The highest BCUT2D eigenvalue weighted by molar-refractivity contribution is 5.88. The maximum Gasteiger partial charge on any atom is 0.410 e. The van der Waals surface area contributed by atoms with E-state index >= 15 is 0 Å². The van der Waals surface area contributed by atoms with Gasteiger partial charge in [0.25, 0.3) is 0 Å². The molecular formula is C19H20N6O2. The molecule has 1 amide bonds. The number of amides is 1. The first-order chi connectivity index (χ1) is 13.1. The van der Waals surface area contributed by atoms with E-state index in [9.17, 15) is 4.79 Å². The van der Waals surface area contributed by atoms with Gasteiger partial charge in [-0.1, -0.05) is 6.07 Å². The predicted octanol–water partition coefficient (Wildman–Crippen LogP) is 2.07. The zero-order chi connectivity index (χ0) is 18.5. The second-order valence-corrected chi connectivity index (χ2v) is 7.21. The summed E-state index contributed by atoms with van der Waals surface area (Å²) in [6.07, 6.45) is 3.20. The summed E-state index contributed by atoms with van der Waals surface area (Å²) >= 11 is 0. The number of aromatic nitrogens is 4. The van der Waals surface area contributed by atoms with Gasteiger partial charge in [-0.3, -0.25) is 4.90 Å². The number of fused-ring (bicyclic) bond motifs is 2. The lowest BCUT2D eigenvalue weighted by Gasteiger charge is -2.36. The standard InChI is InChI=1S/C19H20N6O2/c1-12-5-13(2)7-14(6-12)25-18-16(8-22-25)17(20-11-21-18)23-3-4-24-15(9-23)10-27-19(24)26/h5-8,11,15H,3-4,9-10H2,1-2H3. The lowest BCUT2D eigenvalue weighted by Crippen LogP contribution is -2.52. The minimum absolute atomic E-state index is 0.0748. The summed E-state index contributed by atoms with van der Waals surface area (Å²) in [5.74, 6) is 0.856. The lowest BCUT2D eigenvalue weighted by atomic mass is 10.1. The number of carbonyl (C=O) groups is 1. The molecular weight excluding hydrogens is 344 g/mol.